The van der Waals surface area contributed by atoms with Gasteiger partial charge < -0.3 is 15.0 Å². The molecule has 136 valence electrons. The van der Waals surface area contributed by atoms with E-state index in [1.165, 1.54) is 0 Å². The molecular formula is C19H18N6O2. The molecule has 0 aliphatic rings. The van der Waals surface area contributed by atoms with Gasteiger partial charge >= 0.3 is 0 Å². The maximum Gasteiger partial charge on any atom is 0.272 e. The van der Waals surface area contributed by atoms with Crippen LogP contribution in [0.5, 0.6) is 0 Å². The molecule has 4 aromatic rings. The van der Waals surface area contributed by atoms with Crippen LogP contribution < -0.4 is 5.32 Å². The average molecular weight is 362 g/mol. The summed E-state index contributed by atoms with van der Waals surface area (Å²) in [5, 5.41) is 19.3. The average Bonchev–Trinajstić information content (AvgIpc) is 3.35. The van der Waals surface area contributed by atoms with Crippen LogP contribution in [0.1, 0.15) is 27.8 Å². The smallest absolute Gasteiger partial charge is 0.272 e. The van der Waals surface area contributed by atoms with E-state index in [4.69, 9.17) is 0 Å². The van der Waals surface area contributed by atoms with Crippen molar-refractivity contribution in [3.8, 4) is 0 Å². The Balaban J connectivity index is 1.48. The Morgan fingerprint density at radius 3 is 2.96 bits per heavy atom. The van der Waals surface area contributed by atoms with Crippen molar-refractivity contribution < 1.29 is 9.90 Å². The number of aromatic amines is 1. The lowest BCUT2D eigenvalue weighted by molar-refractivity contribution is 0.0911. The normalized spacial score (nSPS) is 12.2. The zero-order valence-corrected chi connectivity index (χ0v) is 14.4. The van der Waals surface area contributed by atoms with Crippen molar-refractivity contribution in [1.82, 2.24) is 30.0 Å². The quantitative estimate of drug-likeness (QED) is 0.483. The molecule has 0 aliphatic heterocycles. The number of nitrogens with zero attached hydrogens (tertiary/aromatic N) is 4. The van der Waals surface area contributed by atoms with E-state index in [0.29, 0.717) is 6.54 Å². The predicted octanol–water partition coefficient (Wildman–Crippen LogP) is 1.67. The number of hydrogen-bond donors (Lipinski definition) is 3. The largest absolute Gasteiger partial charge is 0.394 e. The number of amides is 1. The second-order valence-corrected chi connectivity index (χ2v) is 6.13. The van der Waals surface area contributed by atoms with E-state index in [-0.39, 0.29) is 18.2 Å². The summed E-state index contributed by atoms with van der Waals surface area (Å²) in [6.45, 7) is 0.294. The highest BCUT2D eigenvalue weighted by Gasteiger charge is 2.17. The van der Waals surface area contributed by atoms with Gasteiger partial charge in [-0.15, -0.1) is 0 Å². The lowest BCUT2D eigenvalue weighted by atomic mass is 10.1. The number of H-pyrrole nitrogens is 1. The minimum absolute atomic E-state index is 0.226. The SMILES string of the molecule is O=C(NC(CO)c1cccnc1)c1cc(Cn2cnc3ccccc32)[nH]n1. The van der Waals surface area contributed by atoms with Crippen molar-refractivity contribution in [3.05, 3.63) is 78.1 Å². The van der Waals surface area contributed by atoms with Crippen molar-refractivity contribution in [2.45, 2.75) is 12.6 Å². The lowest BCUT2D eigenvalue weighted by Crippen LogP contribution is -2.31. The number of aliphatic hydroxyl groups excluding tert-OH is 1. The first kappa shape index (κ1) is 16.9. The summed E-state index contributed by atoms with van der Waals surface area (Å²) in [6, 6.07) is 12.6. The van der Waals surface area contributed by atoms with E-state index < -0.39 is 6.04 Å². The van der Waals surface area contributed by atoms with Crippen LogP contribution in [0, 0.1) is 0 Å². The minimum Gasteiger partial charge on any atom is -0.394 e. The lowest BCUT2D eigenvalue weighted by Gasteiger charge is -2.15. The van der Waals surface area contributed by atoms with Gasteiger partial charge in [-0.25, -0.2) is 4.98 Å². The zero-order chi connectivity index (χ0) is 18.6. The van der Waals surface area contributed by atoms with Crippen LogP contribution in [0.3, 0.4) is 0 Å². The molecule has 1 atom stereocenters. The number of fused-ring (bicyclic) bond motifs is 1. The van der Waals surface area contributed by atoms with Gasteiger partial charge in [0.25, 0.3) is 5.91 Å². The van der Waals surface area contributed by atoms with Crippen molar-refractivity contribution >= 4 is 16.9 Å². The second kappa shape index (κ2) is 7.38. The number of carbonyl (C=O) groups excluding carboxylic acids is 1. The summed E-state index contributed by atoms with van der Waals surface area (Å²) in [7, 11) is 0. The summed E-state index contributed by atoms with van der Waals surface area (Å²) in [6.07, 6.45) is 5.01. The summed E-state index contributed by atoms with van der Waals surface area (Å²) in [4.78, 5) is 20.8. The first-order valence-electron chi connectivity index (χ1n) is 8.50. The molecule has 0 spiro atoms. The number of carbonyl (C=O) groups is 1. The van der Waals surface area contributed by atoms with Gasteiger partial charge in [0.1, 0.15) is 5.69 Å². The van der Waals surface area contributed by atoms with Crippen molar-refractivity contribution in [3.63, 3.8) is 0 Å². The Labute approximate surface area is 154 Å². The van der Waals surface area contributed by atoms with Gasteiger partial charge in [-0.3, -0.25) is 14.9 Å². The van der Waals surface area contributed by atoms with Gasteiger partial charge in [0, 0.05) is 12.4 Å². The Hall–Kier alpha value is -3.52. The number of imidazole rings is 1. The molecule has 3 aromatic heterocycles. The number of aromatic nitrogens is 5. The van der Waals surface area contributed by atoms with Gasteiger partial charge in [-0.05, 0) is 29.8 Å². The van der Waals surface area contributed by atoms with Crippen LogP contribution in [0.15, 0.2) is 61.2 Å². The minimum atomic E-state index is -0.538. The zero-order valence-electron chi connectivity index (χ0n) is 14.4. The molecule has 1 unspecified atom stereocenters. The molecular weight excluding hydrogens is 344 g/mol. The topological polar surface area (TPSA) is 109 Å². The second-order valence-electron chi connectivity index (χ2n) is 6.13. The molecule has 0 aliphatic carbocycles. The van der Waals surface area contributed by atoms with Crippen molar-refractivity contribution in [1.29, 1.82) is 0 Å². The third-order valence-electron chi connectivity index (χ3n) is 4.31. The van der Waals surface area contributed by atoms with Gasteiger partial charge in [-0.1, -0.05) is 18.2 Å². The van der Waals surface area contributed by atoms with Gasteiger partial charge in [0.2, 0.25) is 0 Å². The van der Waals surface area contributed by atoms with E-state index in [2.05, 4.69) is 25.5 Å². The Morgan fingerprint density at radius 2 is 2.15 bits per heavy atom. The number of benzene rings is 1. The Kier molecular flexibility index (Phi) is 4.63. The molecule has 3 heterocycles. The first-order valence-corrected chi connectivity index (χ1v) is 8.50. The molecule has 27 heavy (non-hydrogen) atoms. The van der Waals surface area contributed by atoms with E-state index in [1.54, 1.807) is 36.9 Å². The van der Waals surface area contributed by atoms with Crippen LogP contribution in [0.2, 0.25) is 0 Å². The third-order valence-corrected chi connectivity index (χ3v) is 4.31. The van der Waals surface area contributed by atoms with Gasteiger partial charge in [0.15, 0.2) is 0 Å². The number of pyridine rings is 1. The fraction of sp³-hybridized carbons (Fsp3) is 0.158. The molecule has 0 saturated heterocycles. The standard InChI is InChI=1S/C19H18N6O2/c26-11-17(13-4-3-7-20-9-13)22-19(27)16-8-14(23-24-16)10-25-12-21-15-5-1-2-6-18(15)25/h1-9,12,17,26H,10-11H2,(H,22,27)(H,23,24). The maximum atomic E-state index is 12.5. The number of nitrogens with one attached hydrogen (secondary N) is 2. The summed E-state index contributed by atoms with van der Waals surface area (Å²) in [5.74, 6) is -0.365. The van der Waals surface area contributed by atoms with Crippen molar-refractivity contribution in [2.24, 2.45) is 0 Å². The van der Waals surface area contributed by atoms with Gasteiger partial charge in [-0.2, -0.15) is 5.10 Å². The molecule has 0 saturated carbocycles. The molecule has 3 N–H and O–H groups in total. The van der Waals surface area contributed by atoms with Crippen LogP contribution in [0.4, 0.5) is 0 Å². The van der Waals surface area contributed by atoms with E-state index in [9.17, 15) is 9.90 Å². The fourth-order valence-electron chi connectivity index (χ4n) is 2.93. The third kappa shape index (κ3) is 3.56. The number of aliphatic hydroxyl groups is 1. The van der Waals surface area contributed by atoms with Crippen LogP contribution in [-0.2, 0) is 6.54 Å². The Morgan fingerprint density at radius 1 is 1.26 bits per heavy atom. The highest BCUT2D eigenvalue weighted by molar-refractivity contribution is 5.92. The molecule has 0 bridgehead atoms. The van der Waals surface area contributed by atoms with E-state index >= 15 is 0 Å². The summed E-state index contributed by atoms with van der Waals surface area (Å²) in [5.41, 5.74) is 3.70. The van der Waals surface area contributed by atoms with Crippen LogP contribution in [-0.4, -0.2) is 42.4 Å². The van der Waals surface area contributed by atoms with Gasteiger partial charge in [0.05, 0.1) is 42.2 Å². The first-order chi connectivity index (χ1) is 13.2. The van der Waals surface area contributed by atoms with E-state index in [0.717, 1.165) is 22.3 Å². The monoisotopic (exact) mass is 362 g/mol. The molecule has 8 nitrogen and oxygen atoms in total. The number of hydrogen-bond acceptors (Lipinski definition) is 5. The number of para-hydroxylation sites is 2. The van der Waals surface area contributed by atoms with Crippen LogP contribution >= 0.6 is 0 Å². The van der Waals surface area contributed by atoms with E-state index in [1.807, 2.05) is 28.8 Å². The predicted molar refractivity (Wildman–Crippen MR) is 99.0 cm³/mol. The molecule has 8 heteroatoms. The highest BCUT2D eigenvalue weighted by Crippen LogP contribution is 2.15. The number of rotatable bonds is 6. The summed E-state index contributed by atoms with van der Waals surface area (Å²) < 4.78 is 1.98. The Bertz CT molecular complexity index is 1060. The van der Waals surface area contributed by atoms with Crippen LogP contribution in [0.25, 0.3) is 11.0 Å². The molecule has 0 fully saturated rings. The fourth-order valence-corrected chi connectivity index (χ4v) is 2.93. The van der Waals surface area contributed by atoms with Crippen molar-refractivity contribution in [2.75, 3.05) is 6.61 Å². The molecule has 0 radical (unpaired) electrons. The maximum absolute atomic E-state index is 12.5. The highest BCUT2D eigenvalue weighted by atomic mass is 16.3. The summed E-state index contributed by atoms with van der Waals surface area (Å²) >= 11 is 0. The molecule has 1 aromatic carbocycles. The molecule has 4 rings (SSSR count). The molecule has 1 amide bonds.